The summed E-state index contributed by atoms with van der Waals surface area (Å²) in [5.74, 6) is 1.78. The Balaban J connectivity index is 1.77. The van der Waals surface area contributed by atoms with Crippen molar-refractivity contribution in [2.75, 3.05) is 13.1 Å². The minimum atomic E-state index is -0.00236. The van der Waals surface area contributed by atoms with Crippen LogP contribution in [0.25, 0.3) is 11.5 Å². The number of aromatic nitrogens is 2. The van der Waals surface area contributed by atoms with Gasteiger partial charge in [-0.3, -0.25) is 9.89 Å². The van der Waals surface area contributed by atoms with Crippen molar-refractivity contribution in [3.63, 3.8) is 0 Å². The predicted octanol–water partition coefficient (Wildman–Crippen LogP) is 2.79. The van der Waals surface area contributed by atoms with Crippen LogP contribution in [0, 0.1) is 11.8 Å². The van der Waals surface area contributed by atoms with E-state index in [1.54, 1.807) is 12.3 Å². The molecule has 0 unspecified atom stereocenters. The molecule has 0 spiro atoms. The molecule has 5 nitrogen and oxygen atoms in total. The first kappa shape index (κ1) is 13.0. The highest BCUT2D eigenvalue weighted by molar-refractivity contribution is 5.93. The molecule has 0 aliphatic carbocycles. The molecule has 0 saturated carbocycles. The highest BCUT2D eigenvalue weighted by Gasteiger charge is 2.27. The number of aromatic amines is 1. The van der Waals surface area contributed by atoms with Gasteiger partial charge in [0, 0.05) is 19.2 Å². The van der Waals surface area contributed by atoms with Crippen LogP contribution in [-0.4, -0.2) is 34.1 Å². The molecule has 20 heavy (non-hydrogen) atoms. The summed E-state index contributed by atoms with van der Waals surface area (Å²) in [5, 5.41) is 6.98. The van der Waals surface area contributed by atoms with Gasteiger partial charge in [-0.15, -0.1) is 0 Å². The van der Waals surface area contributed by atoms with Crippen molar-refractivity contribution in [1.82, 2.24) is 15.1 Å². The molecule has 1 aliphatic heterocycles. The molecule has 1 N–H and O–H groups in total. The fourth-order valence-electron chi connectivity index (χ4n) is 2.98. The van der Waals surface area contributed by atoms with Gasteiger partial charge < -0.3 is 9.32 Å². The molecule has 1 aliphatic rings. The van der Waals surface area contributed by atoms with Crippen LogP contribution in [0.5, 0.6) is 0 Å². The summed E-state index contributed by atoms with van der Waals surface area (Å²) in [6, 6.07) is 5.41. The Morgan fingerprint density at radius 2 is 2.15 bits per heavy atom. The maximum Gasteiger partial charge on any atom is 0.274 e. The van der Waals surface area contributed by atoms with E-state index in [1.165, 1.54) is 6.42 Å². The van der Waals surface area contributed by atoms with E-state index in [0.29, 0.717) is 23.3 Å². The van der Waals surface area contributed by atoms with E-state index < -0.39 is 0 Å². The quantitative estimate of drug-likeness (QED) is 0.915. The number of hydrogen-bond donors (Lipinski definition) is 1. The fraction of sp³-hybridized carbons (Fsp3) is 0.467. The van der Waals surface area contributed by atoms with Crippen molar-refractivity contribution < 1.29 is 9.21 Å². The molecule has 2 atom stereocenters. The second-order valence-corrected chi connectivity index (χ2v) is 5.80. The summed E-state index contributed by atoms with van der Waals surface area (Å²) < 4.78 is 5.30. The second kappa shape index (κ2) is 5.15. The second-order valence-electron chi connectivity index (χ2n) is 5.80. The molecule has 106 valence electrons. The van der Waals surface area contributed by atoms with E-state index in [0.717, 1.165) is 18.8 Å². The highest BCUT2D eigenvalue weighted by atomic mass is 16.3. The normalized spacial score (nSPS) is 23.0. The zero-order valence-corrected chi connectivity index (χ0v) is 11.8. The van der Waals surface area contributed by atoms with Crippen LogP contribution >= 0.6 is 0 Å². The third-order valence-electron chi connectivity index (χ3n) is 3.74. The number of likely N-dealkylation sites (tertiary alicyclic amines) is 1. The van der Waals surface area contributed by atoms with Gasteiger partial charge in [0.05, 0.1) is 6.26 Å². The number of amides is 1. The molecular weight excluding hydrogens is 254 g/mol. The van der Waals surface area contributed by atoms with Crippen LogP contribution < -0.4 is 0 Å². The lowest BCUT2D eigenvalue weighted by Crippen LogP contribution is -2.42. The maximum atomic E-state index is 12.5. The molecule has 2 aromatic rings. The van der Waals surface area contributed by atoms with Gasteiger partial charge in [-0.25, -0.2) is 0 Å². The molecule has 5 heteroatoms. The van der Waals surface area contributed by atoms with Crippen LogP contribution in [0.2, 0.25) is 0 Å². The average molecular weight is 273 g/mol. The van der Waals surface area contributed by atoms with Gasteiger partial charge in [0.15, 0.2) is 11.5 Å². The molecular formula is C15H19N3O2. The number of nitrogens with zero attached hydrogens (tertiary/aromatic N) is 2. The van der Waals surface area contributed by atoms with Crippen molar-refractivity contribution in [1.29, 1.82) is 0 Å². The van der Waals surface area contributed by atoms with E-state index >= 15 is 0 Å². The minimum Gasteiger partial charge on any atom is -0.463 e. The first-order valence-electron chi connectivity index (χ1n) is 7.02. The zero-order chi connectivity index (χ0) is 14.1. The van der Waals surface area contributed by atoms with Gasteiger partial charge >= 0.3 is 0 Å². The number of piperidine rings is 1. The van der Waals surface area contributed by atoms with Crippen LogP contribution in [0.3, 0.4) is 0 Å². The first-order chi connectivity index (χ1) is 9.63. The van der Waals surface area contributed by atoms with Crippen LogP contribution in [-0.2, 0) is 0 Å². The number of furan rings is 1. The average Bonchev–Trinajstić information content (AvgIpc) is 3.07. The minimum absolute atomic E-state index is 0.00236. The molecule has 1 fully saturated rings. The largest absolute Gasteiger partial charge is 0.463 e. The molecule has 0 radical (unpaired) electrons. The SMILES string of the molecule is C[C@@H]1C[C@@H](C)CN(C(=O)c2cc(-c3ccco3)[nH]n2)C1. The summed E-state index contributed by atoms with van der Waals surface area (Å²) in [7, 11) is 0. The lowest BCUT2D eigenvalue weighted by Gasteiger charge is -2.34. The summed E-state index contributed by atoms with van der Waals surface area (Å²) in [6.07, 6.45) is 2.79. The number of H-pyrrole nitrogens is 1. The highest BCUT2D eigenvalue weighted by Crippen LogP contribution is 2.23. The Morgan fingerprint density at radius 1 is 1.40 bits per heavy atom. The van der Waals surface area contributed by atoms with Gasteiger partial charge in [0.25, 0.3) is 5.91 Å². The maximum absolute atomic E-state index is 12.5. The number of carbonyl (C=O) groups excluding carboxylic acids is 1. The first-order valence-corrected chi connectivity index (χ1v) is 7.02. The zero-order valence-electron chi connectivity index (χ0n) is 11.8. The smallest absolute Gasteiger partial charge is 0.274 e. The van der Waals surface area contributed by atoms with Crippen molar-refractivity contribution in [3.05, 3.63) is 30.2 Å². The molecule has 3 heterocycles. The van der Waals surface area contributed by atoms with Gasteiger partial charge in [-0.05, 0) is 30.4 Å². The van der Waals surface area contributed by atoms with E-state index in [4.69, 9.17) is 4.42 Å². The molecule has 0 bridgehead atoms. The van der Waals surface area contributed by atoms with Crippen LogP contribution in [0.15, 0.2) is 28.9 Å². The van der Waals surface area contributed by atoms with Crippen molar-refractivity contribution in [3.8, 4) is 11.5 Å². The summed E-state index contributed by atoms with van der Waals surface area (Å²) in [4.78, 5) is 14.4. The Bertz CT molecular complexity index is 578. The Labute approximate surface area is 118 Å². The Morgan fingerprint density at radius 3 is 2.80 bits per heavy atom. The van der Waals surface area contributed by atoms with Gasteiger partial charge in [0.2, 0.25) is 0 Å². The number of rotatable bonds is 2. The van der Waals surface area contributed by atoms with E-state index in [-0.39, 0.29) is 5.91 Å². The summed E-state index contributed by atoms with van der Waals surface area (Å²) in [5.41, 5.74) is 1.19. The molecule has 0 aromatic carbocycles. The van der Waals surface area contributed by atoms with E-state index in [9.17, 15) is 4.79 Å². The monoisotopic (exact) mass is 273 g/mol. The van der Waals surface area contributed by atoms with Crippen molar-refractivity contribution >= 4 is 5.91 Å². The molecule has 2 aromatic heterocycles. The Kier molecular flexibility index (Phi) is 3.34. The lowest BCUT2D eigenvalue weighted by atomic mass is 9.92. The molecule has 1 saturated heterocycles. The Hall–Kier alpha value is -2.04. The topological polar surface area (TPSA) is 62.1 Å². The molecule has 1 amide bonds. The summed E-state index contributed by atoms with van der Waals surface area (Å²) >= 11 is 0. The van der Waals surface area contributed by atoms with E-state index in [2.05, 4.69) is 24.0 Å². The number of hydrogen-bond acceptors (Lipinski definition) is 3. The van der Waals surface area contributed by atoms with Crippen molar-refractivity contribution in [2.45, 2.75) is 20.3 Å². The summed E-state index contributed by atoms with van der Waals surface area (Å²) in [6.45, 7) is 6.00. The third-order valence-corrected chi connectivity index (χ3v) is 3.74. The van der Waals surface area contributed by atoms with Crippen LogP contribution in [0.1, 0.15) is 30.8 Å². The molecule has 3 rings (SSSR count). The standard InChI is InChI=1S/C15H19N3O2/c1-10-6-11(2)9-18(8-10)15(19)13-7-12(16-17-13)14-4-3-5-20-14/h3-5,7,10-11H,6,8-9H2,1-2H3,(H,16,17)/t10-,11-/m1/s1. The fourth-order valence-corrected chi connectivity index (χ4v) is 2.98. The van der Waals surface area contributed by atoms with Crippen molar-refractivity contribution in [2.24, 2.45) is 11.8 Å². The van der Waals surface area contributed by atoms with Gasteiger partial charge in [-0.1, -0.05) is 13.8 Å². The van der Waals surface area contributed by atoms with Gasteiger partial charge in [-0.2, -0.15) is 5.10 Å². The van der Waals surface area contributed by atoms with Crippen LogP contribution in [0.4, 0.5) is 0 Å². The number of nitrogens with one attached hydrogen (secondary N) is 1. The van der Waals surface area contributed by atoms with Gasteiger partial charge in [0.1, 0.15) is 5.69 Å². The number of carbonyl (C=O) groups is 1. The van der Waals surface area contributed by atoms with E-state index in [1.807, 2.05) is 17.0 Å². The third kappa shape index (κ3) is 2.48. The predicted molar refractivity (Wildman–Crippen MR) is 75.1 cm³/mol. The lowest BCUT2D eigenvalue weighted by molar-refractivity contribution is 0.0617.